The molecular weight excluding hydrogens is 168 g/mol. The van der Waals surface area contributed by atoms with E-state index in [0.29, 0.717) is 0 Å². The predicted molar refractivity (Wildman–Crippen MR) is 66.1 cm³/mol. The Hall–Kier alpha value is -1.82. The van der Waals surface area contributed by atoms with Crippen molar-refractivity contribution in [2.75, 3.05) is 0 Å². The molecule has 72 valence electrons. The Morgan fingerprint density at radius 2 is 1.29 bits per heavy atom. The van der Waals surface area contributed by atoms with E-state index in [-0.39, 0.29) is 0 Å². The van der Waals surface area contributed by atoms with Gasteiger partial charge < -0.3 is 0 Å². The number of allylic oxidation sites excluding steroid dienone is 4. The molecule has 0 unspecified atom stereocenters. The highest BCUT2D eigenvalue weighted by atomic mass is 13.8. The highest BCUT2D eigenvalue weighted by molar-refractivity contribution is 5.45. The van der Waals surface area contributed by atoms with Crippen LogP contribution < -0.4 is 0 Å². The van der Waals surface area contributed by atoms with Gasteiger partial charge >= 0.3 is 0 Å². The number of benzene rings is 1. The van der Waals surface area contributed by atoms with E-state index in [0.717, 1.165) is 0 Å². The lowest BCUT2D eigenvalue weighted by atomic mass is 10.2. The first-order valence-corrected chi connectivity index (χ1v) is 4.42. The minimum Gasteiger partial charge on any atom is -0.0991 e. The van der Waals surface area contributed by atoms with Gasteiger partial charge in [-0.3, -0.25) is 0 Å². The van der Waals surface area contributed by atoms with Crippen LogP contribution in [0.3, 0.4) is 0 Å². The van der Waals surface area contributed by atoms with Crippen LogP contribution in [0.1, 0.15) is 5.56 Å². The molecule has 14 heavy (non-hydrogen) atoms. The molecule has 0 N–H and O–H groups in total. The Kier molecular flexibility index (Phi) is 8.06. The van der Waals surface area contributed by atoms with Crippen molar-refractivity contribution < 1.29 is 0 Å². The predicted octanol–water partition coefficient (Wildman–Crippen LogP) is 4.24. The maximum absolute atomic E-state index is 3.63. The van der Waals surface area contributed by atoms with Gasteiger partial charge in [0.1, 0.15) is 0 Å². The normalized spacial score (nSPS) is 8.57. The van der Waals surface area contributed by atoms with E-state index < -0.39 is 0 Å². The van der Waals surface area contributed by atoms with E-state index in [2.05, 4.69) is 19.7 Å². The third-order valence-corrected chi connectivity index (χ3v) is 1.42. The number of rotatable bonds is 3. The summed E-state index contributed by atoms with van der Waals surface area (Å²) in [6.07, 6.45) is 8.91. The molecule has 0 bridgehead atoms. The van der Waals surface area contributed by atoms with E-state index in [1.54, 1.807) is 12.2 Å². The summed E-state index contributed by atoms with van der Waals surface area (Å²) in [4.78, 5) is 0. The van der Waals surface area contributed by atoms with Crippen LogP contribution in [-0.2, 0) is 0 Å². The van der Waals surface area contributed by atoms with E-state index in [1.807, 2.05) is 48.6 Å². The maximum atomic E-state index is 3.63. The van der Waals surface area contributed by atoms with Crippen LogP contribution >= 0.6 is 0 Å². The zero-order valence-corrected chi connectivity index (χ0v) is 8.39. The van der Waals surface area contributed by atoms with Crippen LogP contribution in [0.25, 0.3) is 6.08 Å². The highest BCUT2D eigenvalue weighted by Gasteiger charge is 1.75. The molecule has 1 rings (SSSR count). The summed E-state index contributed by atoms with van der Waals surface area (Å²) in [6.45, 7) is 10.6. The minimum absolute atomic E-state index is 1.17. The fourth-order valence-electron chi connectivity index (χ4n) is 0.746. The lowest BCUT2D eigenvalue weighted by molar-refractivity contribution is 1.67. The van der Waals surface area contributed by atoms with Gasteiger partial charge in [0.2, 0.25) is 0 Å². The smallest absolute Gasteiger partial charge is 0.0263 e. The van der Waals surface area contributed by atoms with Crippen molar-refractivity contribution in [2.45, 2.75) is 0 Å². The Morgan fingerprint density at radius 3 is 1.57 bits per heavy atom. The summed E-state index contributed by atoms with van der Waals surface area (Å²) >= 11 is 0. The lowest BCUT2D eigenvalue weighted by Crippen LogP contribution is -1.63. The third-order valence-electron chi connectivity index (χ3n) is 1.42. The lowest BCUT2D eigenvalue weighted by Gasteiger charge is -1.85. The molecule has 0 radical (unpaired) electrons. The second-order valence-corrected chi connectivity index (χ2v) is 2.47. The van der Waals surface area contributed by atoms with Gasteiger partial charge in [-0.15, -0.1) is 0 Å². The van der Waals surface area contributed by atoms with Gasteiger partial charge in [0, 0.05) is 0 Å². The zero-order chi connectivity index (χ0) is 10.6. The van der Waals surface area contributed by atoms with Crippen molar-refractivity contribution >= 4 is 6.08 Å². The van der Waals surface area contributed by atoms with Crippen molar-refractivity contribution in [3.63, 3.8) is 0 Å². The maximum Gasteiger partial charge on any atom is -0.0263 e. The topological polar surface area (TPSA) is 0 Å². The zero-order valence-electron chi connectivity index (χ0n) is 8.39. The Balaban J connectivity index is 0.000000255. The van der Waals surface area contributed by atoms with Crippen LogP contribution in [0, 0.1) is 0 Å². The molecule has 0 saturated heterocycles. The van der Waals surface area contributed by atoms with Gasteiger partial charge in [0.25, 0.3) is 0 Å². The summed E-state index contributed by atoms with van der Waals surface area (Å²) in [6, 6.07) is 10.0. The Labute approximate surface area is 86.6 Å². The highest BCUT2D eigenvalue weighted by Crippen LogP contribution is 1.97. The van der Waals surface area contributed by atoms with Gasteiger partial charge in [-0.05, 0) is 5.56 Å². The van der Waals surface area contributed by atoms with Crippen molar-refractivity contribution in [3.8, 4) is 0 Å². The second-order valence-electron chi connectivity index (χ2n) is 2.47. The monoisotopic (exact) mass is 184 g/mol. The average molecular weight is 184 g/mol. The molecule has 0 aliphatic rings. The Bertz CT molecular complexity index is 281. The summed E-state index contributed by atoms with van der Waals surface area (Å²) in [5.41, 5.74) is 1.17. The molecule has 0 nitrogen and oxygen atoms in total. The van der Waals surface area contributed by atoms with E-state index in [9.17, 15) is 0 Å². The van der Waals surface area contributed by atoms with Crippen LogP contribution in [0.5, 0.6) is 0 Å². The van der Waals surface area contributed by atoms with E-state index in [1.165, 1.54) is 5.56 Å². The first-order valence-electron chi connectivity index (χ1n) is 4.42. The summed E-state index contributed by atoms with van der Waals surface area (Å²) < 4.78 is 0. The molecule has 0 amide bonds. The molecule has 0 aliphatic carbocycles. The number of hydrogen-bond donors (Lipinski definition) is 0. The fraction of sp³-hybridized carbons (Fsp3) is 0. The molecule has 0 aliphatic heterocycles. The third kappa shape index (κ3) is 6.86. The van der Waals surface area contributed by atoms with Gasteiger partial charge in [-0.2, -0.15) is 0 Å². The molecule has 1 aromatic rings. The average Bonchev–Trinajstić information content (AvgIpc) is 2.28. The van der Waals surface area contributed by atoms with Gasteiger partial charge in [0.15, 0.2) is 0 Å². The summed E-state index contributed by atoms with van der Waals surface area (Å²) in [5, 5.41) is 0. The molecule has 0 atom stereocenters. The molecule has 0 heterocycles. The summed E-state index contributed by atoms with van der Waals surface area (Å²) in [5.74, 6) is 0. The van der Waals surface area contributed by atoms with Gasteiger partial charge in [-0.1, -0.05) is 80.4 Å². The largest absolute Gasteiger partial charge is 0.0991 e. The standard InChI is InChI=1S/C8H8.C6H8/c1-2-8-6-4-3-5-7-8;1-3-5-6-4-2/h2-7H,1H2;3-6H,1-2H2/b;6-5+. The molecule has 1 aromatic carbocycles. The van der Waals surface area contributed by atoms with Gasteiger partial charge in [0.05, 0.1) is 0 Å². The van der Waals surface area contributed by atoms with Crippen LogP contribution in [0.2, 0.25) is 0 Å². The molecular formula is C14H16. The first kappa shape index (κ1) is 12.2. The summed E-state index contributed by atoms with van der Waals surface area (Å²) in [7, 11) is 0. The van der Waals surface area contributed by atoms with Crippen molar-refractivity contribution in [2.24, 2.45) is 0 Å². The first-order chi connectivity index (χ1) is 6.85. The quantitative estimate of drug-likeness (QED) is 0.616. The van der Waals surface area contributed by atoms with Crippen LogP contribution in [0.4, 0.5) is 0 Å². The molecule has 0 spiro atoms. The SMILES string of the molecule is C=C/C=C/C=C.C=Cc1ccccc1. The molecule has 0 heteroatoms. The molecule has 0 fully saturated rings. The number of hydrogen-bond acceptors (Lipinski definition) is 0. The molecule has 0 aromatic heterocycles. The van der Waals surface area contributed by atoms with Crippen LogP contribution in [0.15, 0.2) is 74.4 Å². The van der Waals surface area contributed by atoms with Crippen molar-refractivity contribution in [3.05, 3.63) is 79.9 Å². The Morgan fingerprint density at radius 1 is 0.786 bits per heavy atom. The van der Waals surface area contributed by atoms with Gasteiger partial charge in [-0.25, -0.2) is 0 Å². The molecule has 0 saturated carbocycles. The van der Waals surface area contributed by atoms with Crippen molar-refractivity contribution in [1.82, 2.24) is 0 Å². The van der Waals surface area contributed by atoms with Crippen molar-refractivity contribution in [1.29, 1.82) is 0 Å². The fourth-order valence-corrected chi connectivity index (χ4v) is 0.746. The van der Waals surface area contributed by atoms with E-state index in [4.69, 9.17) is 0 Å². The van der Waals surface area contributed by atoms with Crippen LogP contribution in [-0.4, -0.2) is 0 Å². The minimum atomic E-state index is 1.17. The second kappa shape index (κ2) is 9.27. The van der Waals surface area contributed by atoms with E-state index >= 15 is 0 Å².